The fraction of sp³-hybridized carbons (Fsp3) is 0.481. The highest BCUT2D eigenvalue weighted by Crippen LogP contribution is 2.39. The molecule has 2 aromatic carbocycles. The topological polar surface area (TPSA) is 37.5 Å². The molecule has 0 bridgehead atoms. The molecule has 6 heteroatoms. The first kappa shape index (κ1) is 23.1. The van der Waals surface area contributed by atoms with Gasteiger partial charge in [0.05, 0.1) is 0 Å². The predicted octanol–water partition coefficient (Wildman–Crippen LogP) is 6.12. The smallest absolute Gasteiger partial charge is 0.119 e. The minimum absolute atomic E-state index is 0.0929. The lowest BCUT2D eigenvalue weighted by Gasteiger charge is -2.29. The summed E-state index contributed by atoms with van der Waals surface area (Å²) >= 11 is 8.34. The van der Waals surface area contributed by atoms with Gasteiger partial charge >= 0.3 is 0 Å². The van der Waals surface area contributed by atoms with Crippen LogP contribution in [0.3, 0.4) is 0 Å². The van der Waals surface area contributed by atoms with Gasteiger partial charge in [0.15, 0.2) is 0 Å². The van der Waals surface area contributed by atoms with E-state index in [2.05, 4.69) is 46.3 Å². The van der Waals surface area contributed by atoms with Crippen LogP contribution in [0.5, 0.6) is 5.75 Å². The minimum Gasteiger partial charge on any atom is -0.491 e. The third kappa shape index (κ3) is 5.37. The Balaban J connectivity index is 1.28. The number of benzene rings is 2. The highest BCUT2D eigenvalue weighted by Gasteiger charge is 2.24. The van der Waals surface area contributed by atoms with Gasteiger partial charge in [-0.1, -0.05) is 30.2 Å². The molecule has 176 valence electrons. The Morgan fingerprint density at radius 1 is 1.12 bits per heavy atom. The van der Waals surface area contributed by atoms with Crippen molar-refractivity contribution in [1.82, 2.24) is 9.88 Å². The van der Waals surface area contributed by atoms with E-state index in [0.29, 0.717) is 12.5 Å². The van der Waals surface area contributed by atoms with Gasteiger partial charge in [0, 0.05) is 65.8 Å². The molecule has 2 aliphatic rings. The summed E-state index contributed by atoms with van der Waals surface area (Å²) in [6.07, 6.45) is 4.82. The van der Waals surface area contributed by atoms with Crippen LogP contribution in [0.25, 0.3) is 10.9 Å². The van der Waals surface area contributed by atoms with Crippen molar-refractivity contribution in [3.05, 3.63) is 64.3 Å². The number of aryl methyl sites for hydroxylation is 1. The van der Waals surface area contributed by atoms with Crippen molar-refractivity contribution in [3.63, 3.8) is 0 Å². The van der Waals surface area contributed by atoms with Crippen LogP contribution in [-0.2, 0) is 11.2 Å². The normalized spacial score (nSPS) is 20.4. The Morgan fingerprint density at radius 3 is 2.73 bits per heavy atom. The van der Waals surface area contributed by atoms with Gasteiger partial charge in [0.2, 0.25) is 0 Å². The van der Waals surface area contributed by atoms with E-state index in [1.165, 1.54) is 52.1 Å². The molecule has 1 aliphatic heterocycles. The van der Waals surface area contributed by atoms with Crippen LogP contribution >= 0.6 is 23.4 Å². The largest absolute Gasteiger partial charge is 0.491 e. The van der Waals surface area contributed by atoms with Gasteiger partial charge in [0.25, 0.3) is 0 Å². The molecule has 2 unspecified atom stereocenters. The van der Waals surface area contributed by atoms with Crippen molar-refractivity contribution in [2.45, 2.75) is 37.7 Å². The number of hydrogen-bond donors (Lipinski definition) is 1. The quantitative estimate of drug-likeness (QED) is 0.410. The first-order valence-electron chi connectivity index (χ1n) is 12.1. The average Bonchev–Trinajstić information content (AvgIpc) is 3.06. The lowest BCUT2D eigenvalue weighted by Crippen LogP contribution is -2.41. The van der Waals surface area contributed by atoms with E-state index in [1.54, 1.807) is 7.11 Å². The molecule has 0 amide bonds. The lowest BCUT2D eigenvalue weighted by atomic mass is 9.91. The number of ether oxygens (including phenoxy) is 2. The molecule has 1 saturated heterocycles. The zero-order valence-corrected chi connectivity index (χ0v) is 20.9. The lowest BCUT2D eigenvalue weighted by molar-refractivity contribution is 0.0316. The Hall–Kier alpha value is -1.66. The second kappa shape index (κ2) is 10.7. The van der Waals surface area contributed by atoms with Gasteiger partial charge < -0.3 is 14.5 Å². The Labute approximate surface area is 206 Å². The highest BCUT2D eigenvalue weighted by atomic mass is 35.5. The van der Waals surface area contributed by atoms with E-state index in [9.17, 15) is 0 Å². The summed E-state index contributed by atoms with van der Waals surface area (Å²) in [5.41, 5.74) is 5.33. The van der Waals surface area contributed by atoms with Crippen LogP contribution in [0.15, 0.2) is 42.5 Å². The Kier molecular flexibility index (Phi) is 7.51. The van der Waals surface area contributed by atoms with E-state index < -0.39 is 0 Å². The summed E-state index contributed by atoms with van der Waals surface area (Å²) in [5.74, 6) is 3.72. The first-order valence-corrected chi connectivity index (χ1v) is 13.6. The SMILES string of the molecule is COC(COc1ccc(C2CCCCc3c2[nH]c2ccc(Cl)cc32)cc1)CN1CCSCC1. The molecule has 2 heterocycles. The maximum atomic E-state index is 6.31. The van der Waals surface area contributed by atoms with Crippen molar-refractivity contribution >= 4 is 34.3 Å². The van der Waals surface area contributed by atoms with Gasteiger partial charge in [-0.2, -0.15) is 11.8 Å². The maximum absolute atomic E-state index is 6.31. The van der Waals surface area contributed by atoms with E-state index >= 15 is 0 Å². The molecule has 33 heavy (non-hydrogen) atoms. The van der Waals surface area contributed by atoms with Gasteiger partial charge in [0.1, 0.15) is 18.5 Å². The summed E-state index contributed by atoms with van der Waals surface area (Å²) in [6.45, 7) is 3.80. The molecule has 3 aromatic rings. The van der Waals surface area contributed by atoms with E-state index in [-0.39, 0.29) is 6.10 Å². The molecular weight excluding hydrogens is 452 g/mol. The molecule has 1 aliphatic carbocycles. The number of thioether (sulfide) groups is 1. The predicted molar refractivity (Wildman–Crippen MR) is 139 cm³/mol. The number of nitrogens with one attached hydrogen (secondary N) is 1. The van der Waals surface area contributed by atoms with E-state index in [1.807, 2.05) is 17.8 Å². The molecule has 0 radical (unpaired) electrons. The zero-order valence-electron chi connectivity index (χ0n) is 19.3. The monoisotopic (exact) mass is 484 g/mol. The van der Waals surface area contributed by atoms with E-state index in [0.717, 1.165) is 43.2 Å². The summed E-state index contributed by atoms with van der Waals surface area (Å²) in [4.78, 5) is 6.20. The van der Waals surface area contributed by atoms with Crippen molar-refractivity contribution in [1.29, 1.82) is 0 Å². The van der Waals surface area contributed by atoms with Gasteiger partial charge in [-0.15, -0.1) is 0 Å². The molecule has 2 atom stereocenters. The van der Waals surface area contributed by atoms with Crippen molar-refractivity contribution in [2.75, 3.05) is 44.9 Å². The Bertz CT molecular complexity index is 1060. The minimum atomic E-state index is 0.0929. The molecular formula is C27H33ClN2O2S. The first-order chi connectivity index (χ1) is 16.2. The van der Waals surface area contributed by atoms with Gasteiger partial charge in [-0.25, -0.2) is 0 Å². The second-order valence-electron chi connectivity index (χ2n) is 9.16. The number of nitrogens with zero attached hydrogens (tertiary/aromatic N) is 1. The van der Waals surface area contributed by atoms with Gasteiger partial charge in [-0.3, -0.25) is 4.90 Å². The van der Waals surface area contributed by atoms with Crippen LogP contribution < -0.4 is 4.74 Å². The maximum Gasteiger partial charge on any atom is 0.119 e. The van der Waals surface area contributed by atoms with Crippen molar-refractivity contribution in [3.8, 4) is 5.75 Å². The standard InChI is InChI=1S/C27H33ClN2O2S/c1-31-22(17-30-12-14-33-15-13-30)18-32-21-9-6-19(7-10-21)23-4-2-3-5-24-25-16-20(28)8-11-26(25)29-27(23)24/h6-11,16,22-23,29H,2-5,12-15,17-18H2,1H3. The molecule has 1 N–H and O–H groups in total. The van der Waals surface area contributed by atoms with Crippen LogP contribution in [0.4, 0.5) is 0 Å². The molecule has 5 rings (SSSR count). The number of aromatic nitrogens is 1. The summed E-state index contributed by atoms with van der Waals surface area (Å²) in [5, 5.41) is 2.09. The number of methoxy groups -OCH3 is 1. The third-order valence-electron chi connectivity index (χ3n) is 7.04. The molecule has 0 saturated carbocycles. The van der Waals surface area contributed by atoms with Crippen molar-refractivity contribution in [2.24, 2.45) is 0 Å². The number of hydrogen-bond acceptors (Lipinski definition) is 4. The van der Waals surface area contributed by atoms with Crippen LogP contribution in [0, 0.1) is 0 Å². The summed E-state index contributed by atoms with van der Waals surface area (Å²) < 4.78 is 11.8. The number of fused-ring (bicyclic) bond motifs is 3. The van der Waals surface area contributed by atoms with Crippen molar-refractivity contribution < 1.29 is 9.47 Å². The zero-order chi connectivity index (χ0) is 22.6. The number of rotatable bonds is 7. The molecule has 4 nitrogen and oxygen atoms in total. The third-order valence-corrected chi connectivity index (χ3v) is 8.21. The number of halogens is 1. The highest BCUT2D eigenvalue weighted by molar-refractivity contribution is 7.99. The molecule has 1 fully saturated rings. The Morgan fingerprint density at radius 2 is 1.94 bits per heavy atom. The van der Waals surface area contributed by atoms with E-state index in [4.69, 9.17) is 21.1 Å². The van der Waals surface area contributed by atoms with Crippen LogP contribution in [-0.4, -0.2) is 60.8 Å². The molecule has 0 spiro atoms. The van der Waals surface area contributed by atoms with Crippen LogP contribution in [0.2, 0.25) is 5.02 Å². The fourth-order valence-electron chi connectivity index (χ4n) is 5.19. The number of H-pyrrole nitrogens is 1. The molecule has 1 aromatic heterocycles. The average molecular weight is 485 g/mol. The van der Waals surface area contributed by atoms with Crippen LogP contribution in [0.1, 0.15) is 42.0 Å². The number of aromatic amines is 1. The fourth-order valence-corrected chi connectivity index (χ4v) is 6.34. The second-order valence-corrected chi connectivity index (χ2v) is 10.8. The summed E-state index contributed by atoms with van der Waals surface area (Å²) in [7, 11) is 1.78. The summed E-state index contributed by atoms with van der Waals surface area (Å²) in [6, 6.07) is 14.9. The van der Waals surface area contributed by atoms with Gasteiger partial charge in [-0.05, 0) is 60.7 Å².